The van der Waals surface area contributed by atoms with E-state index in [-0.39, 0.29) is 0 Å². The Balaban J connectivity index is 3.12. The second-order valence-electron chi connectivity index (χ2n) is 4.97. The smallest absolute Gasteiger partial charge is 0.263 e. The van der Waals surface area contributed by atoms with E-state index in [2.05, 4.69) is 10.5 Å². The lowest BCUT2D eigenvalue weighted by molar-refractivity contribution is -0.121. The van der Waals surface area contributed by atoms with Crippen LogP contribution in [0.25, 0.3) is 0 Å². The molecule has 1 N–H and O–H groups in total. The minimum absolute atomic E-state index is 0.378. The van der Waals surface area contributed by atoms with Crippen molar-refractivity contribution in [1.82, 2.24) is 5.43 Å². The van der Waals surface area contributed by atoms with Gasteiger partial charge in [0.15, 0.2) is 0 Å². The predicted molar refractivity (Wildman–Crippen MR) is 86.7 cm³/mol. The number of carbonyl (C=O) groups is 1. The number of methoxy groups -OCH3 is 1. The number of nitrogens with one attached hydrogen (secondary N) is 1. The Morgan fingerprint density at radius 3 is 2.23 bits per heavy atom. The highest BCUT2D eigenvalue weighted by Crippen LogP contribution is 2.23. The van der Waals surface area contributed by atoms with Gasteiger partial charge in [-0.3, -0.25) is 9.10 Å². The predicted octanol–water partition coefficient (Wildman–Crippen LogP) is 1.36. The Hall–Kier alpha value is -2.09. The minimum atomic E-state index is -3.64. The monoisotopic (exact) mass is 327 g/mol. The number of amides is 1. The first-order chi connectivity index (χ1) is 10.2. The van der Waals surface area contributed by atoms with Crippen molar-refractivity contribution in [3.05, 3.63) is 24.3 Å². The SMILES string of the molecule is COc1ccc(N([C@H](C)C(=O)NN=C(C)C)S(C)(=O)=O)cc1. The summed E-state index contributed by atoms with van der Waals surface area (Å²) in [5.41, 5.74) is 3.39. The van der Waals surface area contributed by atoms with E-state index in [4.69, 9.17) is 4.74 Å². The Labute approximate surface area is 131 Å². The van der Waals surface area contributed by atoms with Crippen molar-refractivity contribution in [1.29, 1.82) is 0 Å². The van der Waals surface area contributed by atoms with E-state index in [1.165, 1.54) is 14.0 Å². The lowest BCUT2D eigenvalue weighted by Gasteiger charge is -2.27. The van der Waals surface area contributed by atoms with E-state index in [1.807, 2.05) is 0 Å². The van der Waals surface area contributed by atoms with Crippen LogP contribution in [-0.4, -0.2) is 39.4 Å². The molecular formula is C14H21N3O4S. The third-order valence-corrected chi connectivity index (χ3v) is 4.05. The maximum atomic E-state index is 12.1. The van der Waals surface area contributed by atoms with Crippen molar-refractivity contribution in [2.75, 3.05) is 17.7 Å². The number of rotatable bonds is 6. The van der Waals surface area contributed by atoms with E-state index in [0.29, 0.717) is 17.1 Å². The van der Waals surface area contributed by atoms with Gasteiger partial charge in [0, 0.05) is 5.71 Å². The number of anilines is 1. The molecule has 0 unspecified atom stereocenters. The maximum absolute atomic E-state index is 12.1. The Morgan fingerprint density at radius 2 is 1.82 bits per heavy atom. The standard InChI is InChI=1S/C14H21N3O4S/c1-10(2)15-16-14(18)11(3)17(22(5,19)20)12-6-8-13(21-4)9-7-12/h6-9,11H,1-5H3,(H,16,18)/t11-/m1/s1. The molecule has 0 aliphatic heterocycles. The van der Waals surface area contributed by atoms with Gasteiger partial charge in [0.05, 0.1) is 19.1 Å². The van der Waals surface area contributed by atoms with Crippen molar-refractivity contribution in [2.45, 2.75) is 26.8 Å². The van der Waals surface area contributed by atoms with Crippen LogP contribution in [0.1, 0.15) is 20.8 Å². The molecule has 0 aliphatic carbocycles. The van der Waals surface area contributed by atoms with Crippen LogP contribution in [0.2, 0.25) is 0 Å². The van der Waals surface area contributed by atoms with E-state index < -0.39 is 22.0 Å². The van der Waals surface area contributed by atoms with Gasteiger partial charge < -0.3 is 4.74 Å². The van der Waals surface area contributed by atoms with Crippen LogP contribution in [0.15, 0.2) is 29.4 Å². The van der Waals surface area contributed by atoms with Crippen LogP contribution in [0.5, 0.6) is 5.75 Å². The van der Waals surface area contributed by atoms with E-state index in [1.54, 1.807) is 38.1 Å². The lowest BCUT2D eigenvalue weighted by Crippen LogP contribution is -2.46. The molecule has 0 fully saturated rings. The van der Waals surface area contributed by atoms with Crippen LogP contribution in [-0.2, 0) is 14.8 Å². The molecule has 122 valence electrons. The average molecular weight is 327 g/mol. The second-order valence-corrected chi connectivity index (χ2v) is 6.83. The van der Waals surface area contributed by atoms with E-state index in [0.717, 1.165) is 10.6 Å². The summed E-state index contributed by atoms with van der Waals surface area (Å²) >= 11 is 0. The van der Waals surface area contributed by atoms with Gasteiger partial charge in [0.1, 0.15) is 11.8 Å². The van der Waals surface area contributed by atoms with Crippen LogP contribution in [0.3, 0.4) is 0 Å². The van der Waals surface area contributed by atoms with Gasteiger partial charge in [0.25, 0.3) is 5.91 Å². The molecule has 22 heavy (non-hydrogen) atoms. The fourth-order valence-corrected chi connectivity index (χ4v) is 2.97. The summed E-state index contributed by atoms with van der Waals surface area (Å²) in [7, 11) is -2.12. The van der Waals surface area contributed by atoms with Crippen molar-refractivity contribution in [3.63, 3.8) is 0 Å². The first kappa shape index (κ1) is 18.0. The highest BCUT2D eigenvalue weighted by molar-refractivity contribution is 7.92. The molecule has 0 aromatic heterocycles. The van der Waals surface area contributed by atoms with Crippen molar-refractivity contribution < 1.29 is 17.9 Å². The minimum Gasteiger partial charge on any atom is -0.497 e. The molecule has 0 heterocycles. The molecule has 1 atom stereocenters. The zero-order valence-corrected chi connectivity index (χ0v) is 14.1. The molecule has 1 rings (SSSR count). The van der Waals surface area contributed by atoms with Crippen LogP contribution in [0, 0.1) is 0 Å². The molecule has 1 amide bonds. The number of sulfonamides is 1. The van der Waals surface area contributed by atoms with E-state index >= 15 is 0 Å². The number of hydrogen-bond acceptors (Lipinski definition) is 5. The Morgan fingerprint density at radius 1 is 1.27 bits per heavy atom. The number of hydrogen-bond donors (Lipinski definition) is 1. The topological polar surface area (TPSA) is 88.1 Å². The summed E-state index contributed by atoms with van der Waals surface area (Å²) in [6.45, 7) is 4.95. The molecule has 0 bridgehead atoms. The summed E-state index contributed by atoms with van der Waals surface area (Å²) in [5.74, 6) is 0.0861. The van der Waals surface area contributed by atoms with Gasteiger partial charge >= 0.3 is 0 Å². The zero-order chi connectivity index (χ0) is 16.9. The van der Waals surface area contributed by atoms with Gasteiger partial charge in [0.2, 0.25) is 10.0 Å². The molecule has 0 aliphatic rings. The molecule has 0 radical (unpaired) electrons. The normalized spacial score (nSPS) is 12.2. The molecule has 0 saturated carbocycles. The molecular weight excluding hydrogens is 306 g/mol. The maximum Gasteiger partial charge on any atom is 0.263 e. The largest absolute Gasteiger partial charge is 0.497 e. The average Bonchev–Trinajstić information content (AvgIpc) is 2.44. The van der Waals surface area contributed by atoms with Crippen molar-refractivity contribution >= 4 is 27.3 Å². The van der Waals surface area contributed by atoms with Gasteiger partial charge in [-0.2, -0.15) is 5.10 Å². The summed E-state index contributed by atoms with van der Waals surface area (Å²) in [5, 5.41) is 3.81. The molecule has 7 nitrogen and oxygen atoms in total. The lowest BCUT2D eigenvalue weighted by atomic mass is 10.2. The van der Waals surface area contributed by atoms with E-state index in [9.17, 15) is 13.2 Å². The highest BCUT2D eigenvalue weighted by atomic mass is 32.2. The third-order valence-electron chi connectivity index (χ3n) is 2.81. The number of hydrazone groups is 1. The van der Waals surface area contributed by atoms with Crippen LogP contribution < -0.4 is 14.5 Å². The fraction of sp³-hybridized carbons (Fsp3) is 0.429. The molecule has 1 aromatic rings. The summed E-state index contributed by atoms with van der Waals surface area (Å²) in [4.78, 5) is 12.1. The molecule has 0 spiro atoms. The molecule has 1 aromatic carbocycles. The molecule has 0 saturated heterocycles. The first-order valence-corrected chi connectivity index (χ1v) is 8.46. The zero-order valence-electron chi connectivity index (χ0n) is 13.3. The Kier molecular flexibility index (Phi) is 5.92. The summed E-state index contributed by atoms with van der Waals surface area (Å²) in [6, 6.07) is 5.49. The van der Waals surface area contributed by atoms with Gasteiger partial charge in [-0.15, -0.1) is 0 Å². The van der Waals surface area contributed by atoms with Gasteiger partial charge in [-0.1, -0.05) is 0 Å². The van der Waals surface area contributed by atoms with Crippen LogP contribution >= 0.6 is 0 Å². The number of nitrogens with zero attached hydrogens (tertiary/aromatic N) is 2. The van der Waals surface area contributed by atoms with Crippen LogP contribution in [0.4, 0.5) is 5.69 Å². The van der Waals surface area contributed by atoms with Gasteiger partial charge in [-0.05, 0) is 45.0 Å². The number of benzene rings is 1. The van der Waals surface area contributed by atoms with Gasteiger partial charge in [-0.25, -0.2) is 13.8 Å². The third kappa shape index (κ3) is 4.73. The first-order valence-electron chi connectivity index (χ1n) is 6.61. The second kappa shape index (κ2) is 7.26. The number of ether oxygens (including phenoxy) is 1. The highest BCUT2D eigenvalue weighted by Gasteiger charge is 2.29. The van der Waals surface area contributed by atoms with Crippen molar-refractivity contribution in [3.8, 4) is 5.75 Å². The summed E-state index contributed by atoms with van der Waals surface area (Å²) < 4.78 is 30.2. The molecule has 8 heteroatoms. The summed E-state index contributed by atoms with van der Waals surface area (Å²) in [6.07, 6.45) is 1.05. The number of carbonyl (C=O) groups excluding carboxylic acids is 1. The fourth-order valence-electron chi connectivity index (χ4n) is 1.80. The van der Waals surface area contributed by atoms with Crippen molar-refractivity contribution in [2.24, 2.45) is 5.10 Å². The Bertz CT molecular complexity index is 649. The quantitative estimate of drug-likeness (QED) is 0.631.